The molecule has 5 nitrogen and oxygen atoms in total. The third kappa shape index (κ3) is 4.67. The van der Waals surface area contributed by atoms with Crippen LogP contribution in [0, 0.1) is 11.8 Å². The van der Waals surface area contributed by atoms with Crippen molar-refractivity contribution >= 4 is 5.91 Å². The Balaban J connectivity index is 1.84. The maximum Gasteiger partial charge on any atom is 0.250 e. The minimum atomic E-state index is -0.325. The minimum absolute atomic E-state index is 0.0147. The van der Waals surface area contributed by atoms with Gasteiger partial charge in [0.1, 0.15) is 6.10 Å². The summed E-state index contributed by atoms with van der Waals surface area (Å²) in [6.45, 7) is 14.2. The number of carbonyl (C=O) groups is 1. The maximum absolute atomic E-state index is 12.3. The van der Waals surface area contributed by atoms with E-state index in [0.29, 0.717) is 19.7 Å². The van der Waals surface area contributed by atoms with E-state index in [-0.39, 0.29) is 17.6 Å². The van der Waals surface area contributed by atoms with Gasteiger partial charge in [0.15, 0.2) is 0 Å². The second kappa shape index (κ2) is 7.28. The normalized spacial score (nSPS) is 32.0. The lowest BCUT2D eigenvalue weighted by molar-refractivity contribution is -0.138. The maximum atomic E-state index is 12.3. The van der Waals surface area contributed by atoms with Crippen LogP contribution in [0.1, 0.15) is 34.1 Å². The molecule has 2 aliphatic rings. The molecular formula is C17H33N3O2. The summed E-state index contributed by atoms with van der Waals surface area (Å²) in [6.07, 6.45) is 0.982. The number of ether oxygens (including phenoxy) is 1. The number of likely N-dealkylation sites (tertiary alicyclic amines) is 1. The number of carbonyl (C=O) groups excluding carboxylic acids is 1. The van der Waals surface area contributed by atoms with Gasteiger partial charge in [-0.05, 0) is 39.2 Å². The number of morpholine rings is 1. The highest BCUT2D eigenvalue weighted by atomic mass is 16.5. The van der Waals surface area contributed by atoms with Gasteiger partial charge in [0.2, 0.25) is 0 Å². The summed E-state index contributed by atoms with van der Waals surface area (Å²) in [7, 11) is 2.03. The summed E-state index contributed by atoms with van der Waals surface area (Å²) in [6, 6.07) is 0. The number of nitrogens with zero attached hydrogens (tertiary/aromatic N) is 2. The Morgan fingerprint density at radius 1 is 1.23 bits per heavy atom. The van der Waals surface area contributed by atoms with Crippen LogP contribution in [0.25, 0.3) is 0 Å². The third-order valence-corrected chi connectivity index (χ3v) is 4.98. The van der Waals surface area contributed by atoms with Crippen LogP contribution in [0.3, 0.4) is 0 Å². The topological polar surface area (TPSA) is 44.8 Å². The van der Waals surface area contributed by atoms with Crippen LogP contribution in [0.4, 0.5) is 0 Å². The molecule has 22 heavy (non-hydrogen) atoms. The number of nitrogens with one attached hydrogen (secondary N) is 1. The van der Waals surface area contributed by atoms with Crippen molar-refractivity contribution in [1.29, 1.82) is 0 Å². The van der Waals surface area contributed by atoms with E-state index in [9.17, 15) is 4.79 Å². The minimum Gasteiger partial charge on any atom is -0.366 e. The quantitative estimate of drug-likeness (QED) is 0.847. The first kappa shape index (κ1) is 17.7. The van der Waals surface area contributed by atoms with E-state index in [1.54, 1.807) is 0 Å². The third-order valence-electron chi connectivity index (χ3n) is 4.98. The number of hydrogen-bond donors (Lipinski definition) is 1. The van der Waals surface area contributed by atoms with Crippen molar-refractivity contribution in [2.75, 3.05) is 46.4 Å². The Labute approximate surface area is 135 Å². The van der Waals surface area contributed by atoms with Crippen LogP contribution in [-0.4, -0.2) is 73.7 Å². The molecule has 0 aromatic rings. The molecule has 3 atom stereocenters. The first-order valence-electron chi connectivity index (χ1n) is 8.61. The van der Waals surface area contributed by atoms with Crippen LogP contribution in [0.15, 0.2) is 0 Å². The van der Waals surface area contributed by atoms with Crippen LogP contribution in [0.5, 0.6) is 0 Å². The molecular weight excluding hydrogens is 278 g/mol. The molecule has 128 valence electrons. The number of likely N-dealkylation sites (N-methyl/N-ethyl adjacent to an activating group) is 1. The molecule has 0 spiro atoms. The summed E-state index contributed by atoms with van der Waals surface area (Å²) in [4.78, 5) is 17.0. The Kier molecular flexibility index (Phi) is 5.86. The van der Waals surface area contributed by atoms with Gasteiger partial charge in [0, 0.05) is 38.3 Å². The summed E-state index contributed by atoms with van der Waals surface area (Å²) in [5, 5.41) is 3.11. The molecule has 0 bridgehead atoms. The largest absolute Gasteiger partial charge is 0.366 e. The molecule has 0 radical (unpaired) electrons. The zero-order valence-electron chi connectivity index (χ0n) is 14.9. The molecule has 0 aromatic carbocycles. The molecule has 2 aliphatic heterocycles. The summed E-state index contributed by atoms with van der Waals surface area (Å²) < 4.78 is 5.59. The molecule has 2 fully saturated rings. The lowest BCUT2D eigenvalue weighted by atomic mass is 9.88. The van der Waals surface area contributed by atoms with Gasteiger partial charge in [-0.1, -0.05) is 13.8 Å². The predicted molar refractivity (Wildman–Crippen MR) is 88.8 cm³/mol. The summed E-state index contributed by atoms with van der Waals surface area (Å²) in [5.41, 5.74) is -0.0147. The van der Waals surface area contributed by atoms with E-state index >= 15 is 0 Å². The molecule has 1 N–H and O–H groups in total. The van der Waals surface area contributed by atoms with Gasteiger partial charge < -0.3 is 15.0 Å². The van der Waals surface area contributed by atoms with Crippen molar-refractivity contribution in [3.8, 4) is 0 Å². The van der Waals surface area contributed by atoms with E-state index in [4.69, 9.17) is 4.74 Å². The van der Waals surface area contributed by atoms with E-state index < -0.39 is 0 Å². The predicted octanol–water partition coefficient (Wildman–Crippen LogP) is 1.19. The smallest absolute Gasteiger partial charge is 0.250 e. The van der Waals surface area contributed by atoms with Gasteiger partial charge in [0.05, 0.1) is 6.61 Å². The number of amides is 1. The molecule has 2 saturated heterocycles. The van der Waals surface area contributed by atoms with Crippen molar-refractivity contribution < 1.29 is 9.53 Å². The fraction of sp³-hybridized carbons (Fsp3) is 0.941. The van der Waals surface area contributed by atoms with E-state index in [2.05, 4.69) is 42.8 Å². The highest BCUT2D eigenvalue weighted by Crippen LogP contribution is 2.26. The van der Waals surface area contributed by atoms with Crippen molar-refractivity contribution in [2.24, 2.45) is 11.8 Å². The van der Waals surface area contributed by atoms with Gasteiger partial charge in [0.25, 0.3) is 5.91 Å². The summed E-state index contributed by atoms with van der Waals surface area (Å²) >= 11 is 0. The van der Waals surface area contributed by atoms with Gasteiger partial charge in [-0.25, -0.2) is 0 Å². The molecule has 0 aliphatic carbocycles. The Morgan fingerprint density at radius 2 is 1.86 bits per heavy atom. The lowest BCUT2D eigenvalue weighted by Crippen LogP contribution is -2.58. The highest BCUT2D eigenvalue weighted by molar-refractivity contribution is 5.81. The fourth-order valence-corrected chi connectivity index (χ4v) is 3.62. The SMILES string of the molecule is C[C@@H]1C[C@H](C)CN(C(C)(C)CNC(=O)[C@H]2CN(C)CCO2)C1. The zero-order valence-corrected chi connectivity index (χ0v) is 14.9. The molecule has 2 heterocycles. The monoisotopic (exact) mass is 311 g/mol. The van der Waals surface area contributed by atoms with E-state index in [1.807, 2.05) is 7.05 Å². The molecule has 2 rings (SSSR count). The average Bonchev–Trinajstić information content (AvgIpc) is 2.44. The first-order chi connectivity index (χ1) is 10.3. The van der Waals surface area contributed by atoms with Gasteiger partial charge in [-0.2, -0.15) is 0 Å². The zero-order chi connectivity index (χ0) is 16.3. The number of rotatable bonds is 4. The van der Waals surface area contributed by atoms with Crippen LogP contribution < -0.4 is 5.32 Å². The second-order valence-corrected chi connectivity index (χ2v) is 8.00. The van der Waals surface area contributed by atoms with Crippen molar-refractivity contribution in [1.82, 2.24) is 15.1 Å². The lowest BCUT2D eigenvalue weighted by Gasteiger charge is -2.45. The van der Waals surface area contributed by atoms with Crippen LogP contribution >= 0.6 is 0 Å². The van der Waals surface area contributed by atoms with Crippen molar-refractivity contribution in [3.63, 3.8) is 0 Å². The van der Waals surface area contributed by atoms with Gasteiger partial charge >= 0.3 is 0 Å². The molecule has 0 unspecified atom stereocenters. The van der Waals surface area contributed by atoms with Gasteiger partial charge in [-0.3, -0.25) is 9.69 Å². The first-order valence-corrected chi connectivity index (χ1v) is 8.61. The standard InChI is InChI=1S/C17H33N3O2/c1-13-8-14(2)10-20(9-13)17(3,4)12-18-16(21)15-11-19(5)6-7-22-15/h13-15H,6-12H2,1-5H3,(H,18,21)/t13-,14+,15-/m1/s1. The van der Waals surface area contributed by atoms with E-state index in [1.165, 1.54) is 6.42 Å². The number of hydrogen-bond acceptors (Lipinski definition) is 4. The molecule has 0 saturated carbocycles. The summed E-state index contributed by atoms with van der Waals surface area (Å²) in [5.74, 6) is 1.49. The highest BCUT2D eigenvalue weighted by Gasteiger charge is 2.34. The Hall–Kier alpha value is -0.650. The molecule has 5 heteroatoms. The van der Waals surface area contributed by atoms with Gasteiger partial charge in [-0.15, -0.1) is 0 Å². The molecule has 1 amide bonds. The Bertz CT molecular complexity index is 376. The fourth-order valence-electron chi connectivity index (χ4n) is 3.62. The van der Waals surface area contributed by atoms with Crippen molar-refractivity contribution in [2.45, 2.75) is 45.8 Å². The van der Waals surface area contributed by atoms with Crippen molar-refractivity contribution in [3.05, 3.63) is 0 Å². The number of piperidine rings is 1. The van der Waals surface area contributed by atoms with Crippen LogP contribution in [-0.2, 0) is 9.53 Å². The molecule has 0 aromatic heterocycles. The second-order valence-electron chi connectivity index (χ2n) is 8.00. The van der Waals surface area contributed by atoms with E-state index in [0.717, 1.165) is 31.5 Å². The Morgan fingerprint density at radius 3 is 2.45 bits per heavy atom. The van der Waals surface area contributed by atoms with Crippen LogP contribution in [0.2, 0.25) is 0 Å². The average molecular weight is 311 g/mol.